The summed E-state index contributed by atoms with van der Waals surface area (Å²) < 4.78 is 17.6. The van der Waals surface area contributed by atoms with Crippen LogP contribution in [0.5, 0.6) is 23.0 Å². The SMILES string of the molecule is NC(C(=O)c1ccccc1)c1cc(OCCCCOc2ccc(Oc3ccccc3)cc2)ccc1CCC(=O)O. The van der Waals surface area contributed by atoms with E-state index in [0.717, 1.165) is 35.7 Å². The van der Waals surface area contributed by atoms with E-state index in [9.17, 15) is 9.59 Å². The van der Waals surface area contributed by atoms with E-state index in [-0.39, 0.29) is 18.6 Å². The molecule has 40 heavy (non-hydrogen) atoms. The third-order valence-corrected chi connectivity index (χ3v) is 6.28. The third-order valence-electron chi connectivity index (χ3n) is 6.28. The highest BCUT2D eigenvalue weighted by atomic mass is 16.5. The van der Waals surface area contributed by atoms with Crippen LogP contribution in [-0.2, 0) is 11.2 Å². The first kappa shape index (κ1) is 28.4. The maximum Gasteiger partial charge on any atom is 0.303 e. The van der Waals surface area contributed by atoms with Crippen LogP contribution in [0.4, 0.5) is 0 Å². The number of hydrogen-bond acceptors (Lipinski definition) is 6. The maximum absolute atomic E-state index is 13.0. The van der Waals surface area contributed by atoms with Crippen molar-refractivity contribution in [1.29, 1.82) is 0 Å². The quantitative estimate of drug-likeness (QED) is 0.129. The summed E-state index contributed by atoms with van der Waals surface area (Å²) in [6, 6.07) is 30.3. The highest BCUT2D eigenvalue weighted by Gasteiger charge is 2.21. The molecule has 4 rings (SSSR count). The van der Waals surface area contributed by atoms with Crippen molar-refractivity contribution < 1.29 is 28.9 Å². The molecule has 0 aliphatic carbocycles. The zero-order chi connectivity index (χ0) is 28.2. The predicted molar refractivity (Wildman–Crippen MR) is 153 cm³/mol. The van der Waals surface area contributed by atoms with Crippen LogP contribution in [0.15, 0.2) is 103 Å². The first-order valence-electron chi connectivity index (χ1n) is 13.3. The molecule has 0 spiro atoms. The minimum Gasteiger partial charge on any atom is -0.494 e. The lowest BCUT2D eigenvalue weighted by Gasteiger charge is -2.17. The molecule has 0 saturated heterocycles. The molecule has 1 unspecified atom stereocenters. The number of hydrogen-bond donors (Lipinski definition) is 2. The number of rotatable bonds is 15. The molecule has 0 heterocycles. The van der Waals surface area contributed by atoms with Crippen LogP contribution in [-0.4, -0.2) is 30.1 Å². The Morgan fingerprint density at radius 1 is 0.700 bits per heavy atom. The fourth-order valence-electron chi connectivity index (χ4n) is 4.16. The minimum absolute atomic E-state index is 0.0533. The van der Waals surface area contributed by atoms with Crippen LogP contribution in [0.25, 0.3) is 0 Å². The van der Waals surface area contributed by atoms with Crippen LogP contribution in [0, 0.1) is 0 Å². The summed E-state index contributed by atoms with van der Waals surface area (Å²) in [5, 5.41) is 9.13. The number of unbranched alkanes of at least 4 members (excludes halogenated alkanes) is 1. The summed E-state index contributed by atoms with van der Waals surface area (Å²) >= 11 is 0. The van der Waals surface area contributed by atoms with Gasteiger partial charge in [-0.05, 0) is 78.9 Å². The first-order valence-corrected chi connectivity index (χ1v) is 13.3. The number of Topliss-reactive ketones (excluding diaryl/α,β-unsaturated/α-hetero) is 1. The fraction of sp³-hybridized carbons (Fsp3) is 0.212. The second-order valence-electron chi connectivity index (χ2n) is 9.25. The van der Waals surface area contributed by atoms with Crippen molar-refractivity contribution in [2.24, 2.45) is 5.73 Å². The smallest absolute Gasteiger partial charge is 0.303 e. The van der Waals surface area contributed by atoms with Crippen molar-refractivity contribution in [2.45, 2.75) is 31.7 Å². The van der Waals surface area contributed by atoms with Gasteiger partial charge in [-0.3, -0.25) is 9.59 Å². The number of carbonyl (C=O) groups is 2. The van der Waals surface area contributed by atoms with Crippen molar-refractivity contribution in [2.75, 3.05) is 13.2 Å². The molecule has 0 aromatic heterocycles. The number of ketones is 1. The van der Waals surface area contributed by atoms with Crippen LogP contribution in [0.3, 0.4) is 0 Å². The predicted octanol–water partition coefficient (Wildman–Crippen LogP) is 6.62. The van der Waals surface area contributed by atoms with Gasteiger partial charge in [0, 0.05) is 12.0 Å². The molecule has 4 aromatic carbocycles. The molecule has 7 heteroatoms. The van der Waals surface area contributed by atoms with Gasteiger partial charge in [0.15, 0.2) is 5.78 Å². The molecule has 0 saturated carbocycles. The highest BCUT2D eigenvalue weighted by Crippen LogP contribution is 2.27. The number of benzene rings is 4. The number of para-hydroxylation sites is 1. The molecular weight excluding hydrogens is 506 g/mol. The molecule has 0 bridgehead atoms. The average Bonchev–Trinajstić information content (AvgIpc) is 2.99. The van der Waals surface area contributed by atoms with Crippen molar-refractivity contribution in [3.63, 3.8) is 0 Å². The molecule has 206 valence electrons. The molecule has 3 N–H and O–H groups in total. The Balaban J connectivity index is 1.26. The van der Waals surface area contributed by atoms with E-state index in [4.69, 9.17) is 25.1 Å². The minimum atomic E-state index is -0.923. The van der Waals surface area contributed by atoms with Gasteiger partial charge in [0.1, 0.15) is 23.0 Å². The van der Waals surface area contributed by atoms with E-state index in [1.807, 2.05) is 60.7 Å². The number of carboxylic acids is 1. The highest BCUT2D eigenvalue weighted by molar-refractivity contribution is 6.00. The number of aliphatic carboxylic acids is 1. The van der Waals surface area contributed by atoms with Crippen molar-refractivity contribution >= 4 is 11.8 Å². The zero-order valence-electron chi connectivity index (χ0n) is 22.2. The van der Waals surface area contributed by atoms with E-state index in [0.29, 0.717) is 30.1 Å². The maximum atomic E-state index is 13.0. The average molecular weight is 540 g/mol. The molecule has 0 amide bonds. The fourth-order valence-corrected chi connectivity index (χ4v) is 4.16. The Hall–Kier alpha value is -4.62. The molecule has 4 aromatic rings. The van der Waals surface area contributed by atoms with Crippen molar-refractivity contribution in [3.05, 3.63) is 120 Å². The lowest BCUT2D eigenvalue weighted by molar-refractivity contribution is -0.136. The second-order valence-corrected chi connectivity index (χ2v) is 9.25. The standard InChI is InChI=1S/C33H33NO6/c34-32(33(37)25-9-3-1-4-10-25)30-23-29(15-13-24(30)14-20-31(35)36)39-22-8-7-21-38-26-16-18-28(19-17-26)40-27-11-5-2-6-12-27/h1-6,9-13,15-19,23,32H,7-8,14,20-22,34H2,(H,35,36). The number of aryl methyl sites for hydroxylation is 1. The van der Waals surface area contributed by atoms with Gasteiger partial charge in [0.05, 0.1) is 19.3 Å². The van der Waals surface area contributed by atoms with E-state index < -0.39 is 12.0 Å². The van der Waals surface area contributed by atoms with Gasteiger partial charge in [-0.15, -0.1) is 0 Å². The van der Waals surface area contributed by atoms with Gasteiger partial charge in [-0.1, -0.05) is 54.6 Å². The van der Waals surface area contributed by atoms with Crippen LogP contribution in [0.2, 0.25) is 0 Å². The largest absolute Gasteiger partial charge is 0.494 e. The van der Waals surface area contributed by atoms with Gasteiger partial charge in [0.2, 0.25) is 0 Å². The number of carboxylic acid groups (broad SMARTS) is 1. The second kappa shape index (κ2) is 14.5. The Labute approximate surface area is 234 Å². The van der Waals surface area contributed by atoms with E-state index in [2.05, 4.69) is 0 Å². The van der Waals surface area contributed by atoms with E-state index in [1.54, 1.807) is 42.5 Å². The number of ether oxygens (including phenoxy) is 3. The third kappa shape index (κ3) is 8.44. The van der Waals surface area contributed by atoms with E-state index in [1.165, 1.54) is 0 Å². The molecule has 0 aliphatic rings. The topological polar surface area (TPSA) is 108 Å². The number of nitrogens with two attached hydrogens (primary N) is 1. The van der Waals surface area contributed by atoms with Gasteiger partial charge >= 0.3 is 5.97 Å². The zero-order valence-corrected chi connectivity index (χ0v) is 22.2. The lowest BCUT2D eigenvalue weighted by atomic mass is 9.92. The van der Waals surface area contributed by atoms with Crippen LogP contribution >= 0.6 is 0 Å². The van der Waals surface area contributed by atoms with Crippen molar-refractivity contribution in [3.8, 4) is 23.0 Å². The first-order chi connectivity index (χ1) is 19.5. The van der Waals surface area contributed by atoms with Gasteiger partial charge < -0.3 is 25.1 Å². The Morgan fingerprint density at radius 3 is 1.90 bits per heavy atom. The summed E-state index contributed by atoms with van der Waals surface area (Å²) in [7, 11) is 0. The lowest BCUT2D eigenvalue weighted by Crippen LogP contribution is -2.23. The van der Waals surface area contributed by atoms with E-state index >= 15 is 0 Å². The molecule has 0 aliphatic heterocycles. The normalized spacial score (nSPS) is 11.4. The summed E-state index contributed by atoms with van der Waals surface area (Å²) in [4.78, 5) is 24.1. The van der Waals surface area contributed by atoms with Crippen LogP contribution in [0.1, 0.15) is 46.8 Å². The summed E-state index contributed by atoms with van der Waals surface area (Å²) in [6.07, 6.45) is 1.78. The Bertz CT molecular complexity index is 1370. The molecule has 7 nitrogen and oxygen atoms in total. The Morgan fingerprint density at radius 2 is 1.25 bits per heavy atom. The molecule has 0 fully saturated rings. The monoisotopic (exact) mass is 539 g/mol. The molecular formula is C33H33NO6. The summed E-state index contributed by atoms with van der Waals surface area (Å²) in [6.45, 7) is 1.00. The Kier molecular flexibility index (Phi) is 10.3. The van der Waals surface area contributed by atoms with Crippen LogP contribution < -0.4 is 19.9 Å². The van der Waals surface area contributed by atoms with Gasteiger partial charge in [-0.2, -0.15) is 0 Å². The van der Waals surface area contributed by atoms with Crippen molar-refractivity contribution in [1.82, 2.24) is 0 Å². The number of carbonyl (C=O) groups excluding carboxylic acids is 1. The summed E-state index contributed by atoms with van der Waals surface area (Å²) in [5.74, 6) is 1.73. The van der Waals surface area contributed by atoms with Gasteiger partial charge in [-0.25, -0.2) is 0 Å². The van der Waals surface area contributed by atoms with Gasteiger partial charge in [0.25, 0.3) is 0 Å². The molecule has 1 atom stereocenters. The molecule has 0 radical (unpaired) electrons. The summed E-state index contributed by atoms with van der Waals surface area (Å²) in [5.41, 5.74) is 8.17.